The lowest BCUT2D eigenvalue weighted by atomic mass is 10.1. The van der Waals surface area contributed by atoms with E-state index >= 15 is 0 Å². The molecule has 35 heavy (non-hydrogen) atoms. The number of benzene rings is 2. The lowest BCUT2D eigenvalue weighted by Crippen LogP contribution is -2.40. The molecule has 3 aromatic rings. The van der Waals surface area contributed by atoms with E-state index in [-0.39, 0.29) is 16.8 Å². The van der Waals surface area contributed by atoms with Crippen molar-refractivity contribution < 1.29 is 23.1 Å². The van der Waals surface area contributed by atoms with Gasteiger partial charge in [-0.25, -0.2) is 8.42 Å². The minimum absolute atomic E-state index is 0.0383. The number of nitrogens with two attached hydrogens (primary N) is 1. The Morgan fingerprint density at radius 2 is 2.00 bits per heavy atom. The Hall–Kier alpha value is -3.47. The smallest absolute Gasteiger partial charge is 0.246 e. The van der Waals surface area contributed by atoms with Crippen molar-refractivity contribution in [3.05, 3.63) is 72.9 Å². The number of piperidine rings is 1. The number of aromatic nitrogens is 2. The molecule has 1 amide bonds. The summed E-state index contributed by atoms with van der Waals surface area (Å²) in [7, 11) is -3.34. The molecule has 2 atom stereocenters. The van der Waals surface area contributed by atoms with Crippen molar-refractivity contribution >= 4 is 15.7 Å². The Morgan fingerprint density at radius 3 is 2.66 bits per heavy atom. The number of nitrogens with zero attached hydrogens (tertiary/aromatic N) is 3. The number of hydrogen-bond acceptors (Lipinski definition) is 7. The van der Waals surface area contributed by atoms with Gasteiger partial charge in [0.2, 0.25) is 5.91 Å². The SMILES string of the molecule is C=CC(=O)N1CCCC(n2cc(C(N)O)c(-c3ccc(Oc4cccc(S(C)(=O)=O)c4)cc3)n2)C1. The summed E-state index contributed by atoms with van der Waals surface area (Å²) < 4.78 is 31.2. The third-order valence-corrected chi connectivity index (χ3v) is 7.04. The van der Waals surface area contributed by atoms with Gasteiger partial charge in [-0.1, -0.05) is 12.6 Å². The van der Waals surface area contributed by atoms with Crippen molar-refractivity contribution in [2.75, 3.05) is 19.3 Å². The zero-order valence-corrected chi connectivity index (χ0v) is 20.2. The second kappa shape index (κ2) is 10.0. The minimum atomic E-state index is -3.34. The number of carbonyl (C=O) groups is 1. The molecule has 1 fully saturated rings. The average Bonchev–Trinajstić information content (AvgIpc) is 3.30. The molecule has 1 saturated heterocycles. The van der Waals surface area contributed by atoms with Gasteiger partial charge in [0.05, 0.1) is 16.6 Å². The molecule has 0 spiro atoms. The zero-order valence-electron chi connectivity index (χ0n) is 19.4. The van der Waals surface area contributed by atoms with Gasteiger partial charge in [-0.15, -0.1) is 0 Å². The lowest BCUT2D eigenvalue weighted by molar-refractivity contribution is -0.127. The van der Waals surface area contributed by atoms with Crippen LogP contribution in [0.4, 0.5) is 0 Å². The van der Waals surface area contributed by atoms with Crippen LogP contribution in [0, 0.1) is 0 Å². The quantitative estimate of drug-likeness (QED) is 0.380. The molecule has 0 saturated carbocycles. The minimum Gasteiger partial charge on any atom is -0.457 e. The summed E-state index contributed by atoms with van der Waals surface area (Å²) in [4.78, 5) is 14.0. The van der Waals surface area contributed by atoms with Gasteiger partial charge in [0.15, 0.2) is 9.84 Å². The van der Waals surface area contributed by atoms with Crippen LogP contribution < -0.4 is 10.5 Å². The van der Waals surface area contributed by atoms with Gasteiger partial charge in [0.1, 0.15) is 17.7 Å². The number of amides is 1. The van der Waals surface area contributed by atoms with E-state index in [2.05, 4.69) is 6.58 Å². The Bertz CT molecular complexity index is 1330. The summed E-state index contributed by atoms with van der Waals surface area (Å²) in [5.41, 5.74) is 7.57. The molecule has 9 nitrogen and oxygen atoms in total. The van der Waals surface area contributed by atoms with Crippen LogP contribution in [-0.2, 0) is 14.6 Å². The predicted molar refractivity (Wildman–Crippen MR) is 131 cm³/mol. The lowest BCUT2D eigenvalue weighted by Gasteiger charge is -2.32. The van der Waals surface area contributed by atoms with Crippen molar-refractivity contribution in [1.82, 2.24) is 14.7 Å². The first-order chi connectivity index (χ1) is 16.7. The van der Waals surface area contributed by atoms with Crippen LogP contribution in [0.5, 0.6) is 11.5 Å². The average molecular weight is 497 g/mol. The number of aliphatic hydroxyl groups is 1. The van der Waals surface area contributed by atoms with Crippen molar-refractivity contribution in [2.45, 2.75) is 30.0 Å². The molecule has 0 radical (unpaired) electrons. The molecule has 2 unspecified atom stereocenters. The molecule has 0 aliphatic carbocycles. The summed E-state index contributed by atoms with van der Waals surface area (Å²) in [5.74, 6) is 0.803. The first-order valence-corrected chi connectivity index (χ1v) is 13.1. The molecular weight excluding hydrogens is 468 g/mol. The highest BCUT2D eigenvalue weighted by Crippen LogP contribution is 2.31. The summed E-state index contributed by atoms with van der Waals surface area (Å²) in [6.45, 7) is 4.75. The molecule has 2 aromatic carbocycles. The highest BCUT2D eigenvalue weighted by Gasteiger charge is 2.26. The van der Waals surface area contributed by atoms with Crippen LogP contribution in [0.3, 0.4) is 0 Å². The normalized spacial score (nSPS) is 17.1. The first kappa shape index (κ1) is 24.6. The predicted octanol–water partition coefficient (Wildman–Crippen LogP) is 3.05. The summed E-state index contributed by atoms with van der Waals surface area (Å²) in [6.07, 6.45) is 4.66. The molecule has 2 heterocycles. The third-order valence-electron chi connectivity index (χ3n) is 5.93. The molecule has 184 valence electrons. The van der Waals surface area contributed by atoms with Crippen LogP contribution in [0.25, 0.3) is 11.3 Å². The number of hydrogen-bond donors (Lipinski definition) is 2. The molecule has 1 aliphatic rings. The van der Waals surface area contributed by atoms with E-state index in [1.165, 1.54) is 18.2 Å². The number of rotatable bonds is 7. The molecule has 10 heteroatoms. The fourth-order valence-electron chi connectivity index (χ4n) is 4.12. The van der Waals surface area contributed by atoms with E-state index in [4.69, 9.17) is 15.6 Å². The first-order valence-electron chi connectivity index (χ1n) is 11.2. The topological polar surface area (TPSA) is 128 Å². The van der Waals surface area contributed by atoms with Crippen molar-refractivity contribution in [2.24, 2.45) is 5.73 Å². The second-order valence-corrected chi connectivity index (χ2v) is 10.5. The Kier molecular flexibility index (Phi) is 7.06. The van der Waals surface area contributed by atoms with Crippen LogP contribution in [0.15, 0.2) is 72.3 Å². The van der Waals surface area contributed by atoms with Gasteiger partial charge in [-0.2, -0.15) is 5.10 Å². The summed E-state index contributed by atoms with van der Waals surface area (Å²) in [6, 6.07) is 13.3. The van der Waals surface area contributed by atoms with Crippen LogP contribution >= 0.6 is 0 Å². The Labute approximate surface area is 204 Å². The maximum Gasteiger partial charge on any atom is 0.246 e. The monoisotopic (exact) mass is 496 g/mol. The van der Waals surface area contributed by atoms with E-state index in [0.717, 1.165) is 24.7 Å². The number of ether oxygens (including phenoxy) is 1. The van der Waals surface area contributed by atoms with Gasteiger partial charge >= 0.3 is 0 Å². The van der Waals surface area contributed by atoms with E-state index in [1.54, 1.807) is 52.2 Å². The maximum atomic E-state index is 12.1. The van der Waals surface area contributed by atoms with Crippen molar-refractivity contribution in [3.8, 4) is 22.8 Å². The van der Waals surface area contributed by atoms with Gasteiger partial charge in [0, 0.05) is 36.7 Å². The van der Waals surface area contributed by atoms with Gasteiger partial charge in [0.25, 0.3) is 0 Å². The number of carbonyl (C=O) groups excluding carboxylic acids is 1. The molecule has 1 aliphatic heterocycles. The summed E-state index contributed by atoms with van der Waals surface area (Å²) >= 11 is 0. The van der Waals surface area contributed by atoms with Gasteiger partial charge in [-0.05, 0) is 61.4 Å². The fourth-order valence-corrected chi connectivity index (χ4v) is 4.77. The van der Waals surface area contributed by atoms with Crippen LogP contribution in [-0.4, -0.2) is 53.5 Å². The maximum absolute atomic E-state index is 12.1. The Morgan fingerprint density at radius 1 is 1.26 bits per heavy atom. The number of likely N-dealkylation sites (tertiary alicyclic amines) is 1. The number of aliphatic hydroxyl groups excluding tert-OH is 1. The number of sulfone groups is 1. The van der Waals surface area contributed by atoms with E-state index in [0.29, 0.717) is 35.8 Å². The molecule has 4 rings (SSSR count). The van der Waals surface area contributed by atoms with Gasteiger partial charge in [-0.3, -0.25) is 9.48 Å². The largest absolute Gasteiger partial charge is 0.457 e. The molecule has 1 aromatic heterocycles. The van der Waals surface area contributed by atoms with Crippen molar-refractivity contribution in [3.63, 3.8) is 0 Å². The van der Waals surface area contributed by atoms with Gasteiger partial charge < -0.3 is 20.5 Å². The highest BCUT2D eigenvalue weighted by molar-refractivity contribution is 7.90. The fraction of sp³-hybridized carbons (Fsp3) is 0.280. The van der Waals surface area contributed by atoms with Crippen LogP contribution in [0.1, 0.15) is 30.7 Å². The highest BCUT2D eigenvalue weighted by atomic mass is 32.2. The second-order valence-electron chi connectivity index (χ2n) is 8.52. The molecule has 3 N–H and O–H groups in total. The van der Waals surface area contributed by atoms with E-state index < -0.39 is 16.1 Å². The van der Waals surface area contributed by atoms with Crippen LogP contribution in [0.2, 0.25) is 0 Å². The van der Waals surface area contributed by atoms with E-state index in [1.807, 2.05) is 0 Å². The summed E-state index contributed by atoms with van der Waals surface area (Å²) in [5, 5.41) is 14.9. The molecule has 0 bridgehead atoms. The Balaban J connectivity index is 1.57. The van der Waals surface area contributed by atoms with E-state index in [9.17, 15) is 18.3 Å². The standard InChI is InChI=1S/C25H28N4O5S/c1-3-23(30)28-13-5-6-18(15-28)29-16-22(25(26)31)24(27-29)17-9-11-19(12-10-17)34-20-7-4-8-21(14-20)35(2,32)33/h3-4,7-12,14,16,18,25,31H,1,5-6,13,15,26H2,2H3. The zero-order chi connectivity index (χ0) is 25.2. The third kappa shape index (κ3) is 5.61. The van der Waals surface area contributed by atoms with Crippen molar-refractivity contribution in [1.29, 1.82) is 0 Å². The molecular formula is C25H28N4O5S.